The van der Waals surface area contributed by atoms with Crippen LogP contribution in [0.4, 0.5) is 0 Å². The molecule has 6 nitrogen and oxygen atoms in total. The van der Waals surface area contributed by atoms with Crippen LogP contribution in [0.2, 0.25) is 0 Å². The van der Waals surface area contributed by atoms with Crippen LogP contribution in [0.1, 0.15) is 22.7 Å². The Bertz CT molecular complexity index is 481. The number of hydrogen-bond acceptors (Lipinski definition) is 6. The van der Waals surface area contributed by atoms with E-state index in [0.717, 1.165) is 17.9 Å². The first-order chi connectivity index (χ1) is 8.79. The first kappa shape index (κ1) is 13.1. The summed E-state index contributed by atoms with van der Waals surface area (Å²) >= 11 is 1.66. The molecular weight excluding hydrogens is 250 g/mol. The van der Waals surface area contributed by atoms with E-state index in [0.29, 0.717) is 19.5 Å². The van der Waals surface area contributed by atoms with Crippen LogP contribution in [0.15, 0.2) is 11.7 Å². The summed E-state index contributed by atoms with van der Waals surface area (Å²) in [6, 6.07) is 0. The largest absolute Gasteiger partial charge is 0.396 e. The number of aliphatic hydroxyl groups excluding tert-OH is 1. The highest BCUT2D eigenvalue weighted by atomic mass is 32.1. The number of nitrogens with zero attached hydrogens (tertiary/aromatic N) is 4. The molecule has 0 aliphatic carbocycles. The van der Waals surface area contributed by atoms with E-state index in [9.17, 15) is 0 Å². The lowest BCUT2D eigenvalue weighted by Crippen LogP contribution is -2.12. The second kappa shape index (κ2) is 6.58. The van der Waals surface area contributed by atoms with Crippen LogP contribution in [0.3, 0.4) is 0 Å². The van der Waals surface area contributed by atoms with Gasteiger partial charge < -0.3 is 10.4 Å². The zero-order valence-electron chi connectivity index (χ0n) is 10.3. The molecule has 0 aliphatic heterocycles. The molecule has 98 valence electrons. The summed E-state index contributed by atoms with van der Waals surface area (Å²) in [5.74, 6) is 0. The van der Waals surface area contributed by atoms with E-state index >= 15 is 0 Å². The highest BCUT2D eigenvalue weighted by Gasteiger charge is 2.03. The number of hydrogen-bond donors (Lipinski definition) is 2. The molecule has 0 atom stereocenters. The topological polar surface area (TPSA) is 75.9 Å². The standard InChI is InChI=1S/C11H17N5OS/c1-9-11(18-8-13-9)6-12-5-10-7-16(15-14-10)3-2-4-17/h7-8,12,17H,2-6H2,1H3. The molecule has 2 heterocycles. The molecule has 0 aliphatic rings. The van der Waals surface area contributed by atoms with Gasteiger partial charge in [-0.2, -0.15) is 0 Å². The third-order valence-electron chi connectivity index (χ3n) is 2.57. The molecule has 0 bridgehead atoms. The molecule has 2 aromatic rings. The molecule has 2 rings (SSSR count). The van der Waals surface area contributed by atoms with Crippen molar-refractivity contribution in [2.24, 2.45) is 0 Å². The van der Waals surface area contributed by atoms with Crippen LogP contribution in [-0.2, 0) is 19.6 Å². The van der Waals surface area contributed by atoms with Crippen LogP contribution in [0, 0.1) is 6.92 Å². The zero-order valence-corrected chi connectivity index (χ0v) is 11.2. The van der Waals surface area contributed by atoms with Crippen LogP contribution in [0.5, 0.6) is 0 Å². The van der Waals surface area contributed by atoms with Crippen LogP contribution in [0.25, 0.3) is 0 Å². The van der Waals surface area contributed by atoms with E-state index in [-0.39, 0.29) is 6.61 Å². The Hall–Kier alpha value is -1.31. The van der Waals surface area contributed by atoms with Crippen molar-refractivity contribution in [3.05, 3.63) is 28.0 Å². The summed E-state index contributed by atoms with van der Waals surface area (Å²) in [5.41, 5.74) is 3.85. The molecule has 7 heteroatoms. The monoisotopic (exact) mass is 267 g/mol. The van der Waals surface area contributed by atoms with E-state index < -0.39 is 0 Å². The number of aliphatic hydroxyl groups is 1. The first-order valence-electron chi connectivity index (χ1n) is 5.89. The minimum absolute atomic E-state index is 0.179. The molecule has 2 N–H and O–H groups in total. The predicted octanol–water partition coefficient (Wildman–Crippen LogP) is 0.715. The SMILES string of the molecule is Cc1ncsc1CNCc1cn(CCCO)nn1. The number of aromatic nitrogens is 4. The van der Waals surface area contributed by atoms with Crippen molar-refractivity contribution >= 4 is 11.3 Å². The first-order valence-corrected chi connectivity index (χ1v) is 6.77. The van der Waals surface area contributed by atoms with Gasteiger partial charge >= 0.3 is 0 Å². The van der Waals surface area contributed by atoms with Crippen molar-refractivity contribution in [2.75, 3.05) is 6.61 Å². The summed E-state index contributed by atoms with van der Waals surface area (Å²) in [4.78, 5) is 5.46. The summed E-state index contributed by atoms with van der Waals surface area (Å²) in [6.45, 7) is 4.39. The highest BCUT2D eigenvalue weighted by Crippen LogP contribution is 2.11. The normalized spacial score (nSPS) is 11.0. The molecule has 0 radical (unpaired) electrons. The number of rotatable bonds is 7. The summed E-state index contributed by atoms with van der Waals surface area (Å²) in [5, 5.41) is 20.1. The fraction of sp³-hybridized carbons (Fsp3) is 0.545. The van der Waals surface area contributed by atoms with Gasteiger partial charge in [0, 0.05) is 37.3 Å². The minimum atomic E-state index is 0.179. The second-order valence-electron chi connectivity index (χ2n) is 4.01. The van der Waals surface area contributed by atoms with E-state index in [4.69, 9.17) is 5.11 Å². The van der Waals surface area contributed by atoms with Crippen molar-refractivity contribution in [3.8, 4) is 0 Å². The Labute approximate surface area is 110 Å². The number of aryl methyl sites for hydroxylation is 2. The molecule has 0 amide bonds. The molecule has 2 aromatic heterocycles. The van der Waals surface area contributed by atoms with Crippen molar-refractivity contribution in [3.63, 3.8) is 0 Å². The second-order valence-corrected chi connectivity index (χ2v) is 4.95. The maximum absolute atomic E-state index is 8.73. The van der Waals surface area contributed by atoms with E-state index in [2.05, 4.69) is 20.6 Å². The van der Waals surface area contributed by atoms with Gasteiger partial charge in [0.15, 0.2) is 0 Å². The molecule has 0 spiro atoms. The van der Waals surface area contributed by atoms with Gasteiger partial charge in [-0.1, -0.05) is 5.21 Å². The average molecular weight is 267 g/mol. The van der Waals surface area contributed by atoms with Crippen molar-refractivity contribution in [1.82, 2.24) is 25.3 Å². The fourth-order valence-electron chi connectivity index (χ4n) is 1.56. The summed E-state index contributed by atoms with van der Waals surface area (Å²) in [7, 11) is 0. The van der Waals surface area contributed by atoms with Crippen LogP contribution >= 0.6 is 11.3 Å². The summed E-state index contributed by atoms with van der Waals surface area (Å²) in [6.07, 6.45) is 2.61. The van der Waals surface area contributed by atoms with Crippen molar-refractivity contribution in [2.45, 2.75) is 33.0 Å². The Kier molecular flexibility index (Phi) is 4.80. The highest BCUT2D eigenvalue weighted by molar-refractivity contribution is 7.09. The quantitative estimate of drug-likeness (QED) is 0.773. The number of thiazole rings is 1. The van der Waals surface area contributed by atoms with Gasteiger partial charge in [-0.05, 0) is 13.3 Å². The van der Waals surface area contributed by atoms with Gasteiger partial charge in [0.1, 0.15) is 0 Å². The third kappa shape index (κ3) is 3.59. The Morgan fingerprint density at radius 1 is 1.44 bits per heavy atom. The Morgan fingerprint density at radius 3 is 3.06 bits per heavy atom. The maximum atomic E-state index is 8.73. The lowest BCUT2D eigenvalue weighted by Gasteiger charge is -2.00. The molecule has 0 saturated carbocycles. The van der Waals surface area contributed by atoms with E-state index in [1.165, 1.54) is 4.88 Å². The minimum Gasteiger partial charge on any atom is -0.396 e. The van der Waals surface area contributed by atoms with Crippen LogP contribution < -0.4 is 5.32 Å². The van der Waals surface area contributed by atoms with Gasteiger partial charge in [-0.15, -0.1) is 16.4 Å². The molecule has 18 heavy (non-hydrogen) atoms. The molecular formula is C11H17N5OS. The van der Waals surface area contributed by atoms with Crippen molar-refractivity contribution in [1.29, 1.82) is 0 Å². The molecule has 0 saturated heterocycles. The lowest BCUT2D eigenvalue weighted by molar-refractivity contribution is 0.276. The Balaban J connectivity index is 1.76. The third-order valence-corrected chi connectivity index (χ3v) is 3.50. The smallest absolute Gasteiger partial charge is 0.0964 e. The van der Waals surface area contributed by atoms with Gasteiger partial charge in [0.05, 0.1) is 16.9 Å². The Morgan fingerprint density at radius 2 is 2.33 bits per heavy atom. The van der Waals surface area contributed by atoms with Gasteiger partial charge in [0.2, 0.25) is 0 Å². The van der Waals surface area contributed by atoms with E-state index in [1.807, 2.05) is 18.6 Å². The molecule has 0 fully saturated rings. The van der Waals surface area contributed by atoms with Gasteiger partial charge in [0.25, 0.3) is 0 Å². The van der Waals surface area contributed by atoms with Gasteiger partial charge in [-0.25, -0.2) is 4.98 Å². The van der Waals surface area contributed by atoms with Crippen LogP contribution in [-0.4, -0.2) is 31.7 Å². The maximum Gasteiger partial charge on any atom is 0.0964 e. The average Bonchev–Trinajstić information content (AvgIpc) is 2.97. The lowest BCUT2D eigenvalue weighted by atomic mass is 10.4. The fourth-order valence-corrected chi connectivity index (χ4v) is 2.31. The zero-order chi connectivity index (χ0) is 12.8. The predicted molar refractivity (Wildman–Crippen MR) is 69.1 cm³/mol. The van der Waals surface area contributed by atoms with Gasteiger partial charge in [-0.3, -0.25) is 4.68 Å². The summed E-state index contributed by atoms with van der Waals surface area (Å²) < 4.78 is 1.76. The van der Waals surface area contributed by atoms with Crippen molar-refractivity contribution < 1.29 is 5.11 Å². The number of nitrogens with one attached hydrogen (secondary N) is 1. The molecule has 0 unspecified atom stereocenters. The van der Waals surface area contributed by atoms with E-state index in [1.54, 1.807) is 16.0 Å². The molecule has 0 aromatic carbocycles.